The number of hydrogen-bond acceptors (Lipinski definition) is 5. The van der Waals surface area contributed by atoms with Gasteiger partial charge in [0.05, 0.1) is 11.4 Å². The maximum absolute atomic E-state index is 12.1. The van der Waals surface area contributed by atoms with Crippen LogP contribution >= 0.6 is 11.3 Å². The Morgan fingerprint density at radius 2 is 1.92 bits per heavy atom. The zero-order valence-corrected chi connectivity index (χ0v) is 14.3. The first-order valence-corrected chi connectivity index (χ1v) is 8.47. The number of carbonyl (C=O) groups is 2. The maximum Gasteiger partial charge on any atom is 0.230 e. The fourth-order valence-corrected chi connectivity index (χ4v) is 3.08. The van der Waals surface area contributed by atoms with Gasteiger partial charge in [-0.2, -0.15) is 0 Å². The summed E-state index contributed by atoms with van der Waals surface area (Å²) in [5.41, 5.74) is 1.90. The number of amides is 1. The van der Waals surface area contributed by atoms with Crippen LogP contribution in [0.2, 0.25) is 0 Å². The summed E-state index contributed by atoms with van der Waals surface area (Å²) in [6, 6.07) is 12.8. The minimum absolute atomic E-state index is 0.123. The number of carbonyl (C=O) groups excluding carboxylic acids is 2. The lowest BCUT2D eigenvalue weighted by molar-refractivity contribution is -0.115. The normalized spacial score (nSPS) is 10.8. The summed E-state index contributed by atoms with van der Waals surface area (Å²) in [6.07, 6.45) is 6.23. The minimum Gasteiger partial charge on any atom is -0.289 e. The minimum atomic E-state index is -0.144. The second-order valence-electron chi connectivity index (χ2n) is 5.18. The molecule has 0 atom stereocenters. The monoisotopic (exact) mass is 349 g/mol. The van der Waals surface area contributed by atoms with Gasteiger partial charge in [0.1, 0.15) is 0 Å². The highest BCUT2D eigenvalue weighted by molar-refractivity contribution is 7.14. The number of para-hydroxylation sites is 1. The van der Waals surface area contributed by atoms with Gasteiger partial charge < -0.3 is 0 Å². The summed E-state index contributed by atoms with van der Waals surface area (Å²) >= 11 is 1.35. The molecule has 25 heavy (non-hydrogen) atoms. The number of thiazole rings is 1. The Hall–Kier alpha value is -3.12. The Kier molecular flexibility index (Phi) is 5.11. The summed E-state index contributed by atoms with van der Waals surface area (Å²) in [5.74, 6) is -0.267. The zero-order chi connectivity index (χ0) is 17.6. The van der Waals surface area contributed by atoms with Gasteiger partial charge in [0, 0.05) is 30.3 Å². The van der Waals surface area contributed by atoms with Gasteiger partial charge in [0.2, 0.25) is 5.91 Å². The molecule has 5 nitrogen and oxygen atoms in total. The van der Waals surface area contributed by atoms with Crippen LogP contribution in [0.4, 0.5) is 10.8 Å². The first-order valence-electron chi connectivity index (χ1n) is 7.59. The third kappa shape index (κ3) is 4.05. The first kappa shape index (κ1) is 16.7. The summed E-state index contributed by atoms with van der Waals surface area (Å²) < 4.78 is 0. The van der Waals surface area contributed by atoms with Gasteiger partial charge in [-0.25, -0.2) is 4.98 Å². The van der Waals surface area contributed by atoms with Crippen LogP contribution in [0.25, 0.3) is 6.08 Å². The first-order chi connectivity index (χ1) is 12.1. The van der Waals surface area contributed by atoms with Gasteiger partial charge >= 0.3 is 0 Å². The maximum atomic E-state index is 12.1. The van der Waals surface area contributed by atoms with E-state index < -0.39 is 0 Å². The van der Waals surface area contributed by atoms with Crippen molar-refractivity contribution in [3.8, 4) is 0 Å². The molecule has 124 valence electrons. The molecule has 6 heteroatoms. The molecule has 0 aliphatic rings. The average Bonchev–Trinajstić information content (AvgIpc) is 3.09. The quantitative estimate of drug-likeness (QED) is 0.513. The predicted octanol–water partition coefficient (Wildman–Crippen LogP) is 4.12. The number of hydrogen-bond donors (Lipinski definition) is 0. The highest BCUT2D eigenvalue weighted by atomic mass is 32.1. The number of pyridine rings is 1. The van der Waals surface area contributed by atoms with Crippen LogP contribution in [0.15, 0.2) is 66.3 Å². The average molecular weight is 349 g/mol. The molecule has 2 heterocycles. The lowest BCUT2D eigenvalue weighted by Crippen LogP contribution is -2.22. The second kappa shape index (κ2) is 7.63. The van der Waals surface area contributed by atoms with E-state index in [0.29, 0.717) is 16.4 Å². The number of benzene rings is 1. The van der Waals surface area contributed by atoms with E-state index in [2.05, 4.69) is 9.97 Å². The van der Waals surface area contributed by atoms with Crippen molar-refractivity contribution in [1.29, 1.82) is 0 Å². The van der Waals surface area contributed by atoms with Gasteiger partial charge in [-0.15, -0.1) is 11.3 Å². The molecule has 0 radical (unpaired) electrons. The smallest absolute Gasteiger partial charge is 0.230 e. The fourth-order valence-electron chi connectivity index (χ4n) is 2.23. The van der Waals surface area contributed by atoms with Crippen LogP contribution in [0.1, 0.15) is 23.0 Å². The van der Waals surface area contributed by atoms with E-state index in [4.69, 9.17) is 0 Å². The highest BCUT2D eigenvalue weighted by Crippen LogP contribution is 2.29. The van der Waals surface area contributed by atoms with E-state index in [1.165, 1.54) is 30.5 Å². The molecule has 2 aromatic heterocycles. The molecule has 3 aromatic rings. The lowest BCUT2D eigenvalue weighted by Gasteiger charge is -2.17. The molecule has 0 aliphatic carbocycles. The molecular weight excluding hydrogens is 334 g/mol. The molecule has 0 bridgehead atoms. The largest absolute Gasteiger partial charge is 0.289 e. The topological polar surface area (TPSA) is 63.2 Å². The van der Waals surface area contributed by atoms with E-state index in [1.807, 2.05) is 30.3 Å². The van der Waals surface area contributed by atoms with E-state index in [0.717, 1.165) is 5.69 Å². The van der Waals surface area contributed by atoms with Crippen molar-refractivity contribution in [2.45, 2.75) is 6.92 Å². The Balaban J connectivity index is 1.81. The van der Waals surface area contributed by atoms with E-state index in [-0.39, 0.29) is 11.7 Å². The molecule has 0 fully saturated rings. The summed E-state index contributed by atoms with van der Waals surface area (Å²) in [7, 11) is 0. The SMILES string of the molecule is CC(=O)N(c1ccccc1)c1nc(/C=C/C(=O)c2cccnc2)cs1. The van der Waals surface area contributed by atoms with Gasteiger partial charge in [-0.05, 0) is 36.4 Å². The number of allylic oxidation sites excluding steroid dienone is 1. The second-order valence-corrected chi connectivity index (χ2v) is 6.02. The van der Waals surface area contributed by atoms with E-state index in [1.54, 1.807) is 34.7 Å². The third-order valence-electron chi connectivity index (χ3n) is 3.38. The van der Waals surface area contributed by atoms with E-state index >= 15 is 0 Å². The molecule has 0 N–H and O–H groups in total. The third-order valence-corrected chi connectivity index (χ3v) is 4.23. The summed E-state index contributed by atoms with van der Waals surface area (Å²) in [5, 5.41) is 2.37. The van der Waals surface area contributed by atoms with Crippen molar-refractivity contribution < 1.29 is 9.59 Å². The van der Waals surface area contributed by atoms with Crippen LogP contribution in [0, 0.1) is 0 Å². The molecule has 3 rings (SSSR count). The van der Waals surface area contributed by atoms with Crippen molar-refractivity contribution >= 4 is 39.9 Å². The van der Waals surface area contributed by atoms with Gasteiger partial charge in [0.15, 0.2) is 10.9 Å². The zero-order valence-electron chi connectivity index (χ0n) is 13.5. The van der Waals surface area contributed by atoms with Crippen LogP contribution in [-0.4, -0.2) is 21.7 Å². The fraction of sp³-hybridized carbons (Fsp3) is 0.0526. The van der Waals surface area contributed by atoms with Crippen LogP contribution in [0.3, 0.4) is 0 Å². The standard InChI is InChI=1S/C19H15N3O2S/c1-14(23)22(17-7-3-2-4-8-17)19-21-16(13-25-19)9-10-18(24)15-6-5-11-20-12-15/h2-13H,1H3/b10-9+. The van der Waals surface area contributed by atoms with Crippen LogP contribution < -0.4 is 4.90 Å². The molecular formula is C19H15N3O2S. The van der Waals surface area contributed by atoms with Gasteiger partial charge in [-0.1, -0.05) is 18.2 Å². The molecule has 0 spiro atoms. The van der Waals surface area contributed by atoms with Crippen molar-refractivity contribution in [2.24, 2.45) is 0 Å². The molecule has 0 aliphatic heterocycles. The summed E-state index contributed by atoms with van der Waals surface area (Å²) in [6.45, 7) is 1.50. The molecule has 0 saturated heterocycles. The Morgan fingerprint density at radius 1 is 1.12 bits per heavy atom. The Labute approximate surface area is 149 Å². The number of aromatic nitrogens is 2. The van der Waals surface area contributed by atoms with Crippen molar-refractivity contribution in [3.63, 3.8) is 0 Å². The predicted molar refractivity (Wildman–Crippen MR) is 99.0 cm³/mol. The highest BCUT2D eigenvalue weighted by Gasteiger charge is 2.17. The van der Waals surface area contributed by atoms with Crippen molar-refractivity contribution in [2.75, 3.05) is 4.90 Å². The number of nitrogens with zero attached hydrogens (tertiary/aromatic N) is 3. The molecule has 1 aromatic carbocycles. The van der Waals surface area contributed by atoms with Crippen molar-refractivity contribution in [1.82, 2.24) is 9.97 Å². The summed E-state index contributed by atoms with van der Waals surface area (Å²) in [4.78, 5) is 34.0. The number of ketones is 1. The van der Waals surface area contributed by atoms with Crippen molar-refractivity contribution in [3.05, 3.63) is 77.6 Å². The molecule has 0 saturated carbocycles. The Morgan fingerprint density at radius 3 is 2.60 bits per heavy atom. The number of anilines is 2. The molecule has 0 unspecified atom stereocenters. The van der Waals surface area contributed by atoms with Crippen LogP contribution in [0.5, 0.6) is 0 Å². The number of rotatable bonds is 5. The van der Waals surface area contributed by atoms with Gasteiger partial charge in [-0.3, -0.25) is 19.5 Å². The van der Waals surface area contributed by atoms with Gasteiger partial charge in [0.25, 0.3) is 0 Å². The molecule has 1 amide bonds. The lowest BCUT2D eigenvalue weighted by atomic mass is 10.2. The van der Waals surface area contributed by atoms with Crippen LogP contribution in [-0.2, 0) is 4.79 Å². The Bertz CT molecular complexity index is 905. The van der Waals surface area contributed by atoms with E-state index in [9.17, 15) is 9.59 Å².